The first kappa shape index (κ1) is 14.3. The zero-order valence-corrected chi connectivity index (χ0v) is 10.7. The van der Waals surface area contributed by atoms with Gasteiger partial charge >= 0.3 is 11.9 Å². The van der Waals surface area contributed by atoms with Crippen LogP contribution in [0.25, 0.3) is 0 Å². The molecule has 100 valence electrons. The number of esters is 2. The van der Waals surface area contributed by atoms with Gasteiger partial charge in [-0.05, 0) is 18.9 Å². The van der Waals surface area contributed by atoms with Gasteiger partial charge in [0.15, 0.2) is 0 Å². The quantitative estimate of drug-likeness (QED) is 0.549. The van der Waals surface area contributed by atoms with E-state index in [4.69, 9.17) is 4.42 Å². The van der Waals surface area contributed by atoms with Crippen LogP contribution in [0.3, 0.4) is 0 Å². The summed E-state index contributed by atoms with van der Waals surface area (Å²) in [5.41, 5.74) is 0.847. The summed E-state index contributed by atoms with van der Waals surface area (Å²) in [5, 5.41) is 0. The zero-order valence-electron chi connectivity index (χ0n) is 10.7. The minimum Gasteiger partial charge on any atom is -0.469 e. The highest BCUT2D eigenvalue weighted by Gasteiger charge is 2.11. The highest BCUT2D eigenvalue weighted by Crippen LogP contribution is 2.15. The summed E-state index contributed by atoms with van der Waals surface area (Å²) in [6.45, 7) is 0. The lowest BCUT2D eigenvalue weighted by Crippen LogP contribution is -2.05. The molecule has 0 saturated heterocycles. The molecule has 0 fully saturated rings. The topological polar surface area (TPSA) is 65.7 Å². The first-order chi connectivity index (χ1) is 8.67. The molecule has 1 rings (SSSR count). The molecular formula is C13H18O5. The van der Waals surface area contributed by atoms with Crippen LogP contribution in [0.2, 0.25) is 0 Å². The van der Waals surface area contributed by atoms with Gasteiger partial charge in [0, 0.05) is 18.4 Å². The van der Waals surface area contributed by atoms with E-state index in [0.717, 1.165) is 24.2 Å². The molecule has 0 spiro atoms. The van der Waals surface area contributed by atoms with Gasteiger partial charge in [-0.15, -0.1) is 0 Å². The Labute approximate surface area is 106 Å². The molecule has 0 bridgehead atoms. The fraction of sp³-hybridized carbons (Fsp3) is 0.538. The number of aryl methyl sites for hydroxylation is 1. The smallest absolute Gasteiger partial charge is 0.310 e. The van der Waals surface area contributed by atoms with Crippen molar-refractivity contribution in [3.63, 3.8) is 0 Å². The fourth-order valence-corrected chi connectivity index (χ4v) is 1.63. The van der Waals surface area contributed by atoms with Crippen molar-refractivity contribution in [2.75, 3.05) is 14.2 Å². The molecule has 1 aromatic rings. The normalized spacial score (nSPS) is 10.1. The molecule has 1 aromatic heterocycles. The number of furan rings is 1. The zero-order chi connectivity index (χ0) is 13.4. The van der Waals surface area contributed by atoms with E-state index in [0.29, 0.717) is 12.8 Å². The van der Waals surface area contributed by atoms with Gasteiger partial charge < -0.3 is 13.9 Å². The standard InChI is InChI=1S/C13H18O5/c1-16-12(14)6-4-3-5-11-10(7-8-18-11)9-13(15)17-2/h7-8H,3-6,9H2,1-2H3. The Kier molecular flexibility index (Phi) is 5.97. The summed E-state index contributed by atoms with van der Waals surface area (Å²) in [6.07, 6.45) is 4.45. The number of hydrogen-bond donors (Lipinski definition) is 0. The molecule has 0 saturated carbocycles. The lowest BCUT2D eigenvalue weighted by atomic mass is 10.1. The van der Waals surface area contributed by atoms with Gasteiger partial charge in [0.2, 0.25) is 0 Å². The number of carbonyl (C=O) groups excluding carboxylic acids is 2. The monoisotopic (exact) mass is 254 g/mol. The maximum atomic E-state index is 11.2. The Morgan fingerprint density at radius 3 is 2.56 bits per heavy atom. The van der Waals surface area contributed by atoms with Crippen LogP contribution >= 0.6 is 0 Å². The summed E-state index contributed by atoms with van der Waals surface area (Å²) in [5.74, 6) is 0.293. The van der Waals surface area contributed by atoms with E-state index in [1.54, 1.807) is 12.3 Å². The summed E-state index contributed by atoms with van der Waals surface area (Å²) >= 11 is 0. The molecule has 0 radical (unpaired) electrons. The van der Waals surface area contributed by atoms with Crippen molar-refractivity contribution in [2.24, 2.45) is 0 Å². The number of ether oxygens (including phenoxy) is 2. The van der Waals surface area contributed by atoms with Crippen LogP contribution in [-0.4, -0.2) is 26.2 Å². The molecule has 5 nitrogen and oxygen atoms in total. The summed E-state index contributed by atoms with van der Waals surface area (Å²) in [6, 6.07) is 1.77. The van der Waals surface area contributed by atoms with E-state index in [9.17, 15) is 9.59 Å². The van der Waals surface area contributed by atoms with E-state index in [2.05, 4.69) is 9.47 Å². The summed E-state index contributed by atoms with van der Waals surface area (Å²) in [7, 11) is 2.74. The number of unbranched alkanes of at least 4 members (excludes halogenated alkanes) is 1. The molecule has 0 atom stereocenters. The molecule has 0 amide bonds. The van der Waals surface area contributed by atoms with Crippen LogP contribution in [0.1, 0.15) is 30.6 Å². The van der Waals surface area contributed by atoms with E-state index in [-0.39, 0.29) is 18.4 Å². The van der Waals surface area contributed by atoms with Crippen LogP contribution in [0.5, 0.6) is 0 Å². The van der Waals surface area contributed by atoms with E-state index in [1.807, 2.05) is 0 Å². The van der Waals surface area contributed by atoms with Crippen molar-refractivity contribution < 1.29 is 23.5 Å². The molecule has 1 heterocycles. The maximum absolute atomic E-state index is 11.2. The third-order valence-corrected chi connectivity index (χ3v) is 2.66. The molecule has 18 heavy (non-hydrogen) atoms. The highest BCUT2D eigenvalue weighted by atomic mass is 16.5. The molecule has 0 aliphatic heterocycles. The lowest BCUT2D eigenvalue weighted by Gasteiger charge is -2.02. The average molecular weight is 254 g/mol. The van der Waals surface area contributed by atoms with Crippen molar-refractivity contribution in [2.45, 2.75) is 32.1 Å². The molecule has 0 aliphatic rings. The Morgan fingerprint density at radius 2 is 1.89 bits per heavy atom. The fourth-order valence-electron chi connectivity index (χ4n) is 1.63. The number of carbonyl (C=O) groups is 2. The summed E-state index contributed by atoms with van der Waals surface area (Å²) < 4.78 is 14.5. The second-order valence-electron chi connectivity index (χ2n) is 3.91. The third kappa shape index (κ3) is 4.61. The number of methoxy groups -OCH3 is 2. The predicted octanol–water partition coefficient (Wildman–Crippen LogP) is 1.88. The van der Waals surface area contributed by atoms with Gasteiger partial charge in [-0.1, -0.05) is 0 Å². The first-order valence-electron chi connectivity index (χ1n) is 5.86. The van der Waals surface area contributed by atoms with Crippen molar-refractivity contribution in [3.8, 4) is 0 Å². The lowest BCUT2D eigenvalue weighted by molar-refractivity contribution is -0.141. The van der Waals surface area contributed by atoms with Gasteiger partial charge in [-0.2, -0.15) is 0 Å². The Morgan fingerprint density at radius 1 is 1.17 bits per heavy atom. The highest BCUT2D eigenvalue weighted by molar-refractivity contribution is 5.72. The Balaban J connectivity index is 2.36. The number of rotatable bonds is 7. The number of hydrogen-bond acceptors (Lipinski definition) is 5. The van der Waals surface area contributed by atoms with Crippen molar-refractivity contribution in [1.29, 1.82) is 0 Å². The van der Waals surface area contributed by atoms with Crippen LogP contribution in [0, 0.1) is 0 Å². The van der Waals surface area contributed by atoms with E-state index >= 15 is 0 Å². The maximum Gasteiger partial charge on any atom is 0.310 e. The minimum atomic E-state index is -0.285. The summed E-state index contributed by atoms with van der Waals surface area (Å²) in [4.78, 5) is 22.1. The predicted molar refractivity (Wildman–Crippen MR) is 64.0 cm³/mol. The largest absolute Gasteiger partial charge is 0.469 e. The molecule has 0 N–H and O–H groups in total. The molecule has 0 aliphatic carbocycles. The minimum absolute atomic E-state index is 0.204. The Hall–Kier alpha value is -1.78. The second-order valence-corrected chi connectivity index (χ2v) is 3.91. The van der Waals surface area contributed by atoms with Crippen molar-refractivity contribution >= 4 is 11.9 Å². The van der Waals surface area contributed by atoms with Gasteiger partial charge in [0.05, 0.1) is 26.9 Å². The van der Waals surface area contributed by atoms with Crippen LogP contribution in [0.4, 0.5) is 0 Å². The molecule has 5 heteroatoms. The van der Waals surface area contributed by atoms with Crippen molar-refractivity contribution in [1.82, 2.24) is 0 Å². The van der Waals surface area contributed by atoms with Crippen LogP contribution in [-0.2, 0) is 31.9 Å². The Bertz CT molecular complexity index is 394. The van der Waals surface area contributed by atoms with E-state index < -0.39 is 0 Å². The molecule has 0 aromatic carbocycles. The van der Waals surface area contributed by atoms with Crippen molar-refractivity contribution in [3.05, 3.63) is 23.7 Å². The third-order valence-electron chi connectivity index (χ3n) is 2.66. The van der Waals surface area contributed by atoms with Crippen LogP contribution < -0.4 is 0 Å². The molecular weight excluding hydrogens is 236 g/mol. The SMILES string of the molecule is COC(=O)CCCCc1occc1CC(=O)OC. The van der Waals surface area contributed by atoms with E-state index in [1.165, 1.54) is 14.2 Å². The second kappa shape index (κ2) is 7.53. The van der Waals surface area contributed by atoms with Gasteiger partial charge in [0.25, 0.3) is 0 Å². The molecule has 0 unspecified atom stereocenters. The van der Waals surface area contributed by atoms with Crippen LogP contribution in [0.15, 0.2) is 16.7 Å². The van der Waals surface area contributed by atoms with Gasteiger partial charge in [-0.3, -0.25) is 9.59 Å². The average Bonchev–Trinajstić information content (AvgIpc) is 2.81. The van der Waals surface area contributed by atoms with Gasteiger partial charge in [-0.25, -0.2) is 0 Å². The first-order valence-corrected chi connectivity index (χ1v) is 5.86. The van der Waals surface area contributed by atoms with Gasteiger partial charge in [0.1, 0.15) is 5.76 Å².